The first-order valence-electron chi connectivity index (χ1n) is 12.1. The molecule has 10 heteroatoms. The van der Waals surface area contributed by atoms with Crippen LogP contribution in [0.3, 0.4) is 0 Å². The van der Waals surface area contributed by atoms with Gasteiger partial charge in [0.05, 0.1) is 35.1 Å². The number of hydrogen-bond donors (Lipinski definition) is 2. The third kappa shape index (κ3) is 3.71. The van der Waals surface area contributed by atoms with Crippen LogP contribution in [0, 0.1) is 18.6 Å². The average molecular weight is 505 g/mol. The SMILES string of the molecule is COc1cccc(F)c1-c1nccc(C(=O)Nc2ccc3c(nc(C)n3C)c2N2CC3CC2CN3)c1F. The third-order valence-electron chi connectivity index (χ3n) is 7.41. The molecule has 0 saturated carbocycles. The highest BCUT2D eigenvalue weighted by Crippen LogP contribution is 2.40. The molecule has 4 heterocycles. The Labute approximate surface area is 212 Å². The van der Waals surface area contributed by atoms with Crippen molar-refractivity contribution in [2.75, 3.05) is 30.4 Å². The Morgan fingerprint density at radius 3 is 2.78 bits per heavy atom. The van der Waals surface area contributed by atoms with Crippen molar-refractivity contribution in [3.05, 3.63) is 65.6 Å². The quantitative estimate of drug-likeness (QED) is 0.427. The van der Waals surface area contributed by atoms with Gasteiger partial charge in [-0.1, -0.05) is 6.07 Å². The van der Waals surface area contributed by atoms with Crippen LogP contribution >= 0.6 is 0 Å². The molecule has 0 radical (unpaired) electrons. The molecule has 8 nitrogen and oxygen atoms in total. The van der Waals surface area contributed by atoms with Gasteiger partial charge in [0, 0.05) is 38.4 Å². The van der Waals surface area contributed by atoms with E-state index in [4.69, 9.17) is 9.72 Å². The second-order valence-electron chi connectivity index (χ2n) is 9.49. The van der Waals surface area contributed by atoms with Crippen molar-refractivity contribution in [1.82, 2.24) is 19.9 Å². The predicted octanol–water partition coefficient (Wildman–Crippen LogP) is 4.03. The molecule has 1 amide bonds. The van der Waals surface area contributed by atoms with E-state index in [1.54, 1.807) is 0 Å². The molecule has 190 valence electrons. The molecule has 0 aliphatic carbocycles. The maximum Gasteiger partial charge on any atom is 0.258 e. The first-order chi connectivity index (χ1) is 17.9. The Kier molecular flexibility index (Phi) is 5.56. The molecule has 2 aliphatic heterocycles. The van der Waals surface area contributed by atoms with E-state index in [1.807, 2.05) is 30.7 Å². The molecule has 2 bridgehead atoms. The number of aromatic nitrogens is 3. The van der Waals surface area contributed by atoms with Gasteiger partial charge >= 0.3 is 0 Å². The van der Waals surface area contributed by atoms with E-state index in [0.717, 1.165) is 42.1 Å². The van der Waals surface area contributed by atoms with Crippen molar-refractivity contribution in [2.45, 2.75) is 25.4 Å². The second-order valence-corrected chi connectivity index (χ2v) is 9.49. The first kappa shape index (κ1) is 23.4. The predicted molar refractivity (Wildman–Crippen MR) is 137 cm³/mol. The molecule has 6 rings (SSSR count). The summed E-state index contributed by atoms with van der Waals surface area (Å²) in [5, 5.41) is 6.40. The number of benzene rings is 2. The molecule has 37 heavy (non-hydrogen) atoms. The van der Waals surface area contributed by atoms with Crippen molar-refractivity contribution in [2.24, 2.45) is 7.05 Å². The monoisotopic (exact) mass is 504 g/mol. The molecule has 0 spiro atoms. The number of rotatable bonds is 5. The number of halogens is 2. The average Bonchev–Trinajstić information content (AvgIpc) is 3.59. The zero-order valence-corrected chi connectivity index (χ0v) is 20.7. The lowest BCUT2D eigenvalue weighted by Gasteiger charge is -2.31. The summed E-state index contributed by atoms with van der Waals surface area (Å²) in [6.07, 6.45) is 2.30. The highest BCUT2D eigenvalue weighted by atomic mass is 19.1. The highest BCUT2D eigenvalue weighted by molar-refractivity contribution is 6.09. The van der Waals surface area contributed by atoms with Crippen LogP contribution in [0.2, 0.25) is 0 Å². The van der Waals surface area contributed by atoms with Crippen molar-refractivity contribution < 1.29 is 18.3 Å². The van der Waals surface area contributed by atoms with E-state index in [1.165, 1.54) is 37.6 Å². The maximum atomic E-state index is 15.7. The zero-order chi connectivity index (χ0) is 25.8. The minimum atomic E-state index is -0.927. The van der Waals surface area contributed by atoms with E-state index >= 15 is 4.39 Å². The number of carbonyl (C=O) groups is 1. The van der Waals surface area contributed by atoms with E-state index < -0.39 is 17.5 Å². The number of piperazine rings is 1. The fraction of sp³-hybridized carbons (Fsp3) is 0.296. The number of methoxy groups -OCH3 is 1. The Bertz CT molecular complexity index is 1550. The van der Waals surface area contributed by atoms with Gasteiger partial charge in [0.15, 0.2) is 5.82 Å². The molecular weight excluding hydrogens is 478 g/mol. The first-order valence-corrected chi connectivity index (χ1v) is 12.1. The van der Waals surface area contributed by atoms with E-state index in [9.17, 15) is 9.18 Å². The lowest BCUT2D eigenvalue weighted by Crippen LogP contribution is -2.44. The van der Waals surface area contributed by atoms with Crippen molar-refractivity contribution in [3.63, 3.8) is 0 Å². The summed E-state index contributed by atoms with van der Waals surface area (Å²) in [6.45, 7) is 3.58. The van der Waals surface area contributed by atoms with E-state index in [0.29, 0.717) is 11.7 Å². The molecular formula is C27H26F2N6O2. The molecule has 2 N–H and O–H groups in total. The van der Waals surface area contributed by atoms with Crippen LogP contribution < -0.4 is 20.3 Å². The smallest absolute Gasteiger partial charge is 0.258 e. The van der Waals surface area contributed by atoms with Crippen LogP contribution in [0.4, 0.5) is 20.2 Å². The van der Waals surface area contributed by atoms with Gasteiger partial charge < -0.3 is 24.8 Å². The number of fused-ring (bicyclic) bond motifs is 3. The molecule has 2 atom stereocenters. The van der Waals surface area contributed by atoms with Crippen LogP contribution in [-0.4, -0.2) is 52.7 Å². The molecule has 2 aromatic heterocycles. The summed E-state index contributed by atoms with van der Waals surface area (Å²) in [5.74, 6) is -1.30. The molecule has 2 unspecified atom stereocenters. The van der Waals surface area contributed by atoms with Crippen molar-refractivity contribution >= 4 is 28.3 Å². The number of hydrogen-bond acceptors (Lipinski definition) is 6. The zero-order valence-electron chi connectivity index (χ0n) is 20.7. The van der Waals surface area contributed by atoms with Gasteiger partial charge in [0.25, 0.3) is 5.91 Å². The number of aryl methyl sites for hydroxylation is 2. The lowest BCUT2D eigenvalue weighted by molar-refractivity contribution is 0.102. The van der Waals surface area contributed by atoms with Crippen LogP contribution in [0.15, 0.2) is 42.6 Å². The number of amides is 1. The molecule has 2 saturated heterocycles. The number of ether oxygens (including phenoxy) is 1. The lowest BCUT2D eigenvalue weighted by atomic mass is 10.1. The summed E-state index contributed by atoms with van der Waals surface area (Å²) in [4.78, 5) is 24.5. The van der Waals surface area contributed by atoms with E-state index in [-0.39, 0.29) is 28.6 Å². The minimum absolute atomic E-state index is 0.125. The number of pyridine rings is 1. The number of imidazole rings is 1. The molecule has 4 aromatic rings. The standard InChI is InChI=1S/C27H26F2N6O2/c1-14-32-24-20(34(14)2)8-7-19(26(24)35-13-15-11-16(35)12-31-15)33-27(36)17-9-10-30-25(23(17)29)22-18(28)5-4-6-21(22)37-3/h4-10,15-16,31H,11-13H2,1-3H3,(H,33,36). The van der Waals surface area contributed by atoms with Gasteiger partial charge in [-0.25, -0.2) is 13.8 Å². The molecule has 2 aromatic carbocycles. The van der Waals surface area contributed by atoms with Gasteiger partial charge in [-0.15, -0.1) is 0 Å². The Morgan fingerprint density at radius 2 is 2.05 bits per heavy atom. The number of nitrogens with zero attached hydrogens (tertiary/aromatic N) is 4. The summed E-state index contributed by atoms with van der Waals surface area (Å²) in [7, 11) is 3.32. The van der Waals surface area contributed by atoms with Gasteiger partial charge in [-0.3, -0.25) is 9.78 Å². The van der Waals surface area contributed by atoms with E-state index in [2.05, 4.69) is 20.5 Å². The van der Waals surface area contributed by atoms with Gasteiger partial charge in [-0.05, 0) is 43.7 Å². The highest BCUT2D eigenvalue weighted by Gasteiger charge is 2.40. The summed E-state index contributed by atoms with van der Waals surface area (Å²) in [6, 6.07) is 9.85. The van der Waals surface area contributed by atoms with Gasteiger partial charge in [0.1, 0.15) is 28.6 Å². The van der Waals surface area contributed by atoms with Crippen LogP contribution in [0.25, 0.3) is 22.3 Å². The molecule has 2 aliphatic rings. The Balaban J connectivity index is 1.42. The largest absolute Gasteiger partial charge is 0.496 e. The number of nitrogens with one attached hydrogen (secondary N) is 2. The van der Waals surface area contributed by atoms with Crippen LogP contribution in [0.5, 0.6) is 5.75 Å². The summed E-state index contributed by atoms with van der Waals surface area (Å²) < 4.78 is 37.5. The Hall–Kier alpha value is -4.05. The fourth-order valence-electron chi connectivity index (χ4n) is 5.47. The second kappa shape index (κ2) is 8.81. The normalized spacial score (nSPS) is 18.6. The van der Waals surface area contributed by atoms with Crippen molar-refractivity contribution in [1.29, 1.82) is 0 Å². The third-order valence-corrected chi connectivity index (χ3v) is 7.41. The summed E-state index contributed by atoms with van der Waals surface area (Å²) >= 11 is 0. The minimum Gasteiger partial charge on any atom is -0.496 e. The van der Waals surface area contributed by atoms with Crippen LogP contribution in [-0.2, 0) is 7.05 Å². The topological polar surface area (TPSA) is 84.3 Å². The van der Waals surface area contributed by atoms with Gasteiger partial charge in [-0.2, -0.15) is 0 Å². The summed E-state index contributed by atoms with van der Waals surface area (Å²) in [5.41, 5.74) is 2.44. The maximum absolute atomic E-state index is 15.7. The van der Waals surface area contributed by atoms with Crippen LogP contribution in [0.1, 0.15) is 22.6 Å². The fourth-order valence-corrected chi connectivity index (χ4v) is 5.47. The number of carbonyl (C=O) groups excluding carboxylic acids is 1. The molecule has 2 fully saturated rings. The number of anilines is 2. The Morgan fingerprint density at radius 1 is 1.22 bits per heavy atom. The van der Waals surface area contributed by atoms with Gasteiger partial charge in [0.2, 0.25) is 0 Å². The van der Waals surface area contributed by atoms with Crippen molar-refractivity contribution in [3.8, 4) is 17.0 Å².